The van der Waals surface area contributed by atoms with Crippen LogP contribution in [0, 0.1) is 13.8 Å². The lowest BCUT2D eigenvalue weighted by Crippen LogP contribution is -2.12. The number of carbonyl (C=O) groups is 1. The lowest BCUT2D eigenvalue weighted by atomic mass is 10.0. The molecule has 0 N–H and O–H groups in total. The summed E-state index contributed by atoms with van der Waals surface area (Å²) in [5.74, 6) is -0.0497. The van der Waals surface area contributed by atoms with E-state index in [0.717, 1.165) is 5.56 Å². The summed E-state index contributed by atoms with van der Waals surface area (Å²) in [6.45, 7) is 7.59. The molecule has 3 aromatic rings. The molecular weight excluding hydrogens is 436 g/mol. The van der Waals surface area contributed by atoms with Crippen molar-refractivity contribution in [2.24, 2.45) is 0 Å². The smallest absolute Gasteiger partial charge is 0.223 e. The molecule has 0 bridgehead atoms. The zero-order valence-electron chi connectivity index (χ0n) is 18.0. The van der Waals surface area contributed by atoms with Crippen LogP contribution in [0.15, 0.2) is 47.5 Å². The Labute approximate surface area is 187 Å². The normalized spacial score (nSPS) is 11.5. The van der Waals surface area contributed by atoms with Gasteiger partial charge in [-0.3, -0.25) is 4.79 Å². The Bertz CT molecular complexity index is 1220. The van der Waals surface area contributed by atoms with Gasteiger partial charge in [0.15, 0.2) is 9.84 Å². The molecule has 0 atom stereocenters. The molecule has 0 aliphatic carbocycles. The van der Waals surface area contributed by atoms with Gasteiger partial charge >= 0.3 is 0 Å². The number of sulfone groups is 1. The molecule has 0 aliphatic heterocycles. The topological polar surface area (TPSA) is 78.3 Å². The lowest BCUT2D eigenvalue weighted by Gasteiger charge is -2.15. The number of hydrogen-bond donors (Lipinski definition) is 0. The van der Waals surface area contributed by atoms with E-state index in [1.54, 1.807) is 25.5 Å². The first-order valence-corrected chi connectivity index (χ1v) is 12.0. The predicted octanol–water partition coefficient (Wildman–Crippen LogP) is 4.78. The summed E-state index contributed by atoms with van der Waals surface area (Å²) >= 11 is 6.49. The monoisotopic (exact) mass is 460 g/mol. The SMILES string of the molecule is CCn1ncc(C(=O)c2cc(C)c(S(=O)(=O)CC)c(C)c2Cl)c1OCc1ccccc1. The third kappa shape index (κ3) is 4.52. The Morgan fingerprint density at radius 3 is 2.42 bits per heavy atom. The van der Waals surface area contributed by atoms with Crippen molar-refractivity contribution in [2.45, 2.75) is 45.7 Å². The van der Waals surface area contributed by atoms with Crippen molar-refractivity contribution in [1.82, 2.24) is 9.78 Å². The number of hydrogen-bond acceptors (Lipinski definition) is 5. The molecule has 164 valence electrons. The molecule has 0 spiro atoms. The first-order chi connectivity index (χ1) is 14.7. The summed E-state index contributed by atoms with van der Waals surface area (Å²) in [6, 6.07) is 11.2. The zero-order chi connectivity index (χ0) is 22.8. The Kier molecular flexibility index (Phi) is 6.86. The molecule has 1 aromatic heterocycles. The molecule has 0 radical (unpaired) electrons. The maximum absolute atomic E-state index is 13.4. The first kappa shape index (κ1) is 23.0. The molecule has 0 saturated heterocycles. The first-order valence-electron chi connectivity index (χ1n) is 10.0. The van der Waals surface area contributed by atoms with Gasteiger partial charge in [-0.1, -0.05) is 48.9 Å². The number of rotatable bonds is 8. The van der Waals surface area contributed by atoms with Crippen LogP contribution in [-0.4, -0.2) is 29.7 Å². The average molecular weight is 461 g/mol. The van der Waals surface area contributed by atoms with Gasteiger partial charge in [-0.05, 0) is 43.5 Å². The lowest BCUT2D eigenvalue weighted by molar-refractivity contribution is 0.103. The molecule has 3 rings (SSSR count). The number of ketones is 1. The standard InChI is InChI=1S/C23H25ClN2O4S/c1-5-26-23(30-14-17-10-8-7-9-11-17)19(13-25-26)21(27)18-12-15(3)22(16(4)20(18)24)31(28,29)6-2/h7-13H,5-6,14H2,1-4H3. The third-order valence-electron chi connectivity index (χ3n) is 5.11. The zero-order valence-corrected chi connectivity index (χ0v) is 19.5. The van der Waals surface area contributed by atoms with Crippen molar-refractivity contribution in [3.05, 3.63) is 75.4 Å². The van der Waals surface area contributed by atoms with E-state index in [4.69, 9.17) is 16.3 Å². The minimum absolute atomic E-state index is 0.0426. The molecule has 0 amide bonds. The molecule has 0 aliphatic rings. The van der Waals surface area contributed by atoms with Gasteiger partial charge in [0, 0.05) is 12.1 Å². The Balaban J connectivity index is 2.03. The fourth-order valence-electron chi connectivity index (χ4n) is 3.51. The van der Waals surface area contributed by atoms with Crippen LogP contribution in [-0.2, 0) is 23.0 Å². The van der Waals surface area contributed by atoms with Crippen LogP contribution in [0.25, 0.3) is 0 Å². The van der Waals surface area contributed by atoms with E-state index in [2.05, 4.69) is 5.10 Å². The number of nitrogens with zero attached hydrogens (tertiary/aromatic N) is 2. The number of aromatic nitrogens is 2. The fourth-order valence-corrected chi connectivity index (χ4v) is 5.21. The Hall–Kier alpha value is -2.64. The van der Waals surface area contributed by atoms with Gasteiger partial charge in [0.05, 0.1) is 21.9 Å². The maximum Gasteiger partial charge on any atom is 0.223 e. The van der Waals surface area contributed by atoms with Crippen LogP contribution < -0.4 is 4.74 Å². The van der Waals surface area contributed by atoms with Crippen molar-refractivity contribution < 1.29 is 17.9 Å². The van der Waals surface area contributed by atoms with Gasteiger partial charge < -0.3 is 4.74 Å². The summed E-state index contributed by atoms with van der Waals surface area (Å²) < 4.78 is 32.5. The average Bonchev–Trinajstić information content (AvgIpc) is 3.17. The molecule has 8 heteroatoms. The van der Waals surface area contributed by atoms with Crippen LogP contribution in [0.3, 0.4) is 0 Å². The number of ether oxygens (including phenoxy) is 1. The van der Waals surface area contributed by atoms with Crippen LogP contribution in [0.2, 0.25) is 5.02 Å². The minimum Gasteiger partial charge on any atom is -0.472 e. The maximum atomic E-state index is 13.4. The predicted molar refractivity (Wildman–Crippen MR) is 121 cm³/mol. The highest BCUT2D eigenvalue weighted by Gasteiger charge is 2.27. The van der Waals surface area contributed by atoms with Crippen LogP contribution in [0.1, 0.15) is 46.5 Å². The molecule has 2 aromatic carbocycles. The largest absolute Gasteiger partial charge is 0.472 e. The molecule has 0 unspecified atom stereocenters. The van der Waals surface area contributed by atoms with E-state index in [-0.39, 0.29) is 39.2 Å². The number of aryl methyl sites for hydroxylation is 2. The van der Waals surface area contributed by atoms with E-state index in [1.165, 1.54) is 12.3 Å². The van der Waals surface area contributed by atoms with Crippen molar-refractivity contribution in [1.29, 1.82) is 0 Å². The molecule has 6 nitrogen and oxygen atoms in total. The molecule has 0 saturated carbocycles. The van der Waals surface area contributed by atoms with E-state index in [0.29, 0.717) is 23.6 Å². The minimum atomic E-state index is -3.47. The van der Waals surface area contributed by atoms with Crippen molar-refractivity contribution in [3.8, 4) is 5.88 Å². The fraction of sp³-hybridized carbons (Fsp3) is 0.304. The third-order valence-corrected chi connectivity index (χ3v) is 7.61. The summed E-state index contributed by atoms with van der Waals surface area (Å²) in [4.78, 5) is 13.6. The van der Waals surface area contributed by atoms with Crippen molar-refractivity contribution in [2.75, 3.05) is 5.75 Å². The van der Waals surface area contributed by atoms with Gasteiger partial charge in [-0.2, -0.15) is 5.10 Å². The molecular formula is C23H25ClN2O4S. The van der Waals surface area contributed by atoms with E-state index >= 15 is 0 Å². The van der Waals surface area contributed by atoms with Crippen LogP contribution in [0.4, 0.5) is 0 Å². The van der Waals surface area contributed by atoms with E-state index in [1.807, 2.05) is 37.3 Å². The van der Waals surface area contributed by atoms with E-state index in [9.17, 15) is 13.2 Å². The van der Waals surface area contributed by atoms with Gasteiger partial charge in [-0.15, -0.1) is 0 Å². The highest BCUT2D eigenvalue weighted by molar-refractivity contribution is 7.91. The molecule has 0 fully saturated rings. The summed E-state index contributed by atoms with van der Waals surface area (Å²) in [6.07, 6.45) is 1.46. The number of carbonyl (C=O) groups excluding carboxylic acids is 1. The van der Waals surface area contributed by atoms with Gasteiger partial charge in [0.25, 0.3) is 0 Å². The summed E-state index contributed by atoms with van der Waals surface area (Å²) in [5, 5.41) is 4.40. The Morgan fingerprint density at radius 1 is 1.13 bits per heavy atom. The van der Waals surface area contributed by atoms with Gasteiger partial charge in [0.2, 0.25) is 11.7 Å². The Morgan fingerprint density at radius 2 is 1.81 bits per heavy atom. The highest BCUT2D eigenvalue weighted by Crippen LogP contribution is 2.34. The summed E-state index contributed by atoms with van der Waals surface area (Å²) in [5.41, 5.74) is 2.34. The highest BCUT2D eigenvalue weighted by atomic mass is 35.5. The van der Waals surface area contributed by atoms with Crippen LogP contribution >= 0.6 is 11.6 Å². The molecule has 31 heavy (non-hydrogen) atoms. The van der Waals surface area contributed by atoms with Crippen molar-refractivity contribution >= 4 is 27.2 Å². The number of benzene rings is 2. The second-order valence-corrected chi connectivity index (χ2v) is 9.79. The number of halogens is 1. The van der Waals surface area contributed by atoms with E-state index < -0.39 is 9.84 Å². The second-order valence-electron chi connectivity index (χ2n) is 7.20. The summed E-state index contributed by atoms with van der Waals surface area (Å²) in [7, 11) is -3.47. The van der Waals surface area contributed by atoms with Gasteiger partial charge in [-0.25, -0.2) is 13.1 Å². The second kappa shape index (κ2) is 9.24. The van der Waals surface area contributed by atoms with Crippen molar-refractivity contribution in [3.63, 3.8) is 0 Å². The van der Waals surface area contributed by atoms with Gasteiger partial charge in [0.1, 0.15) is 12.2 Å². The van der Waals surface area contributed by atoms with Crippen LogP contribution in [0.5, 0.6) is 5.88 Å². The quantitative estimate of drug-likeness (QED) is 0.452. The molecule has 1 heterocycles.